The summed E-state index contributed by atoms with van der Waals surface area (Å²) in [6.07, 6.45) is 0.121. The van der Waals surface area contributed by atoms with E-state index in [0.717, 1.165) is 66.2 Å². The number of carbonyl (C=O) groups is 1. The van der Waals surface area contributed by atoms with Crippen molar-refractivity contribution in [3.05, 3.63) is 56.9 Å². The molecular weight excluding hydrogens is 472 g/mol. The normalized spacial score (nSPS) is 21.8. The minimum atomic E-state index is -1.45. The predicted octanol–water partition coefficient (Wildman–Crippen LogP) is 2.23. The van der Waals surface area contributed by atoms with Gasteiger partial charge >= 0.3 is 5.97 Å². The third kappa shape index (κ3) is 3.93. The number of nitrogens with zero attached hydrogens (tertiary/aromatic N) is 4. The Kier molecular flexibility index (Phi) is 5.82. The number of carbonyl (C=O) groups excluding carboxylic acids is 1. The molecule has 3 aliphatic rings. The average molecular weight is 505 g/mol. The van der Waals surface area contributed by atoms with Crippen molar-refractivity contribution in [1.82, 2.24) is 19.4 Å². The number of hydrogen-bond acceptors (Lipinski definition) is 8. The van der Waals surface area contributed by atoms with Gasteiger partial charge in [0.25, 0.3) is 5.56 Å². The van der Waals surface area contributed by atoms with Gasteiger partial charge in [0.1, 0.15) is 18.0 Å². The molecule has 1 N–H and O–H groups in total. The Morgan fingerprint density at radius 2 is 1.92 bits per heavy atom. The lowest BCUT2D eigenvalue weighted by molar-refractivity contribution is -0.149. The van der Waals surface area contributed by atoms with Crippen LogP contribution in [0, 0.1) is 0 Å². The van der Waals surface area contributed by atoms with Crippen LogP contribution in [-0.4, -0.2) is 70.8 Å². The molecular formula is C28H32N4O5. The number of fused-ring (bicyclic) bond motifs is 5. The molecule has 9 heteroatoms. The van der Waals surface area contributed by atoms with E-state index in [4.69, 9.17) is 14.5 Å². The van der Waals surface area contributed by atoms with E-state index in [0.29, 0.717) is 29.8 Å². The number of pyridine rings is 2. The second-order valence-corrected chi connectivity index (χ2v) is 10.4. The number of cyclic esters (lactones) is 1. The summed E-state index contributed by atoms with van der Waals surface area (Å²) in [4.78, 5) is 35.8. The minimum absolute atomic E-state index is 0.132. The molecule has 1 atom stereocenters. The molecule has 0 saturated carbocycles. The Bertz CT molecular complexity index is 1470. The largest absolute Gasteiger partial charge is 0.497 e. The molecule has 5 heterocycles. The third-order valence-electron chi connectivity index (χ3n) is 8.25. The Morgan fingerprint density at radius 1 is 1.14 bits per heavy atom. The molecule has 2 aromatic heterocycles. The Morgan fingerprint density at radius 3 is 2.65 bits per heavy atom. The molecule has 0 amide bonds. The highest BCUT2D eigenvalue weighted by Crippen LogP contribution is 2.41. The summed E-state index contributed by atoms with van der Waals surface area (Å²) in [7, 11) is 3.80. The van der Waals surface area contributed by atoms with Gasteiger partial charge in [0, 0.05) is 43.7 Å². The quantitative estimate of drug-likeness (QED) is 0.423. The minimum Gasteiger partial charge on any atom is -0.497 e. The van der Waals surface area contributed by atoms with Gasteiger partial charge in [-0.05, 0) is 48.9 Å². The lowest BCUT2D eigenvalue weighted by Gasteiger charge is -2.33. The van der Waals surface area contributed by atoms with Crippen LogP contribution >= 0.6 is 0 Å². The Hall–Kier alpha value is -3.27. The number of esters is 1. The maximum atomic E-state index is 13.8. The summed E-state index contributed by atoms with van der Waals surface area (Å²) in [5, 5.41) is 12.4. The van der Waals surface area contributed by atoms with Crippen LogP contribution in [0.4, 0.5) is 0 Å². The van der Waals surface area contributed by atoms with E-state index in [1.165, 1.54) is 0 Å². The zero-order valence-electron chi connectivity index (χ0n) is 21.5. The van der Waals surface area contributed by atoms with Crippen LogP contribution in [0.2, 0.25) is 0 Å². The number of methoxy groups -OCH3 is 1. The van der Waals surface area contributed by atoms with Crippen LogP contribution < -0.4 is 10.3 Å². The number of piperazine rings is 1. The van der Waals surface area contributed by atoms with Gasteiger partial charge in [-0.3, -0.25) is 14.5 Å². The number of benzene rings is 1. The van der Waals surface area contributed by atoms with Crippen LogP contribution in [0.15, 0.2) is 29.1 Å². The van der Waals surface area contributed by atoms with Gasteiger partial charge in [0.05, 0.1) is 42.5 Å². The van der Waals surface area contributed by atoms with Gasteiger partial charge in [-0.15, -0.1) is 0 Å². The highest BCUT2D eigenvalue weighted by atomic mass is 16.5. The van der Waals surface area contributed by atoms with Gasteiger partial charge in [0.2, 0.25) is 0 Å². The topological polar surface area (TPSA) is 97.1 Å². The number of likely N-dealkylation sites (N-methyl/N-ethyl adjacent to an activating group) is 1. The van der Waals surface area contributed by atoms with E-state index in [9.17, 15) is 14.7 Å². The van der Waals surface area contributed by atoms with E-state index in [2.05, 4.69) is 16.8 Å². The third-order valence-corrected chi connectivity index (χ3v) is 8.25. The average Bonchev–Trinajstić information content (AvgIpc) is 3.21. The summed E-state index contributed by atoms with van der Waals surface area (Å²) >= 11 is 0. The first-order valence-electron chi connectivity index (χ1n) is 12.9. The summed E-state index contributed by atoms with van der Waals surface area (Å²) in [5.74, 6) is 0.265. The van der Waals surface area contributed by atoms with Crippen LogP contribution in [0.25, 0.3) is 22.3 Å². The fraction of sp³-hybridized carbons (Fsp3) is 0.464. The van der Waals surface area contributed by atoms with Crippen molar-refractivity contribution in [3.8, 4) is 17.1 Å². The van der Waals surface area contributed by atoms with Crippen molar-refractivity contribution >= 4 is 16.9 Å². The SMILES string of the molecule is CCC1(O)CC(=O)OCc2c1cc1n(c2=O)Cc2c-1nc1ccc(OC)cc1c2CN1CCN(C)CC1. The lowest BCUT2D eigenvalue weighted by atomic mass is 9.85. The van der Waals surface area contributed by atoms with Crippen LogP contribution in [0.1, 0.15) is 42.0 Å². The zero-order valence-corrected chi connectivity index (χ0v) is 21.5. The maximum Gasteiger partial charge on any atom is 0.309 e. The first-order chi connectivity index (χ1) is 17.8. The number of aromatic nitrogens is 2. The van der Waals surface area contributed by atoms with Crippen molar-refractivity contribution in [1.29, 1.82) is 0 Å². The maximum absolute atomic E-state index is 13.8. The second kappa shape index (κ2) is 8.93. The van der Waals surface area contributed by atoms with Gasteiger partial charge in [-0.1, -0.05) is 6.92 Å². The molecule has 0 spiro atoms. The number of hydrogen-bond donors (Lipinski definition) is 1. The van der Waals surface area contributed by atoms with Gasteiger partial charge in [-0.2, -0.15) is 0 Å². The highest BCUT2D eigenvalue weighted by molar-refractivity contribution is 5.89. The van der Waals surface area contributed by atoms with Crippen molar-refractivity contribution in [2.24, 2.45) is 0 Å². The van der Waals surface area contributed by atoms with E-state index in [1.807, 2.05) is 31.2 Å². The highest BCUT2D eigenvalue weighted by Gasteiger charge is 2.40. The number of ether oxygens (including phenoxy) is 2. The zero-order chi connectivity index (χ0) is 25.9. The van der Waals surface area contributed by atoms with Crippen LogP contribution in [-0.2, 0) is 34.8 Å². The molecule has 0 aliphatic carbocycles. The molecule has 1 saturated heterocycles. The van der Waals surface area contributed by atoms with Crippen molar-refractivity contribution in [3.63, 3.8) is 0 Å². The first-order valence-corrected chi connectivity index (χ1v) is 12.9. The van der Waals surface area contributed by atoms with Crippen molar-refractivity contribution < 1.29 is 19.4 Å². The Labute approximate surface area is 215 Å². The molecule has 194 valence electrons. The van der Waals surface area contributed by atoms with Crippen molar-refractivity contribution in [2.75, 3.05) is 40.3 Å². The summed E-state index contributed by atoms with van der Waals surface area (Å²) in [6.45, 7) is 6.77. The lowest BCUT2D eigenvalue weighted by Crippen LogP contribution is -2.44. The molecule has 6 rings (SSSR count). The standard InChI is InChI=1S/C28H32N4O5/c1-4-28(35)13-25(33)37-16-21-22(28)12-24-26-20(15-32(24)27(21)34)19(14-31-9-7-30(2)8-10-31)18-11-17(36-3)5-6-23(18)29-26/h5-6,11-12,35H,4,7-10,13-16H2,1-3H3. The molecule has 3 aliphatic heterocycles. The summed E-state index contributed by atoms with van der Waals surface area (Å²) in [6, 6.07) is 7.75. The molecule has 0 radical (unpaired) electrons. The number of aliphatic hydroxyl groups is 1. The smallest absolute Gasteiger partial charge is 0.309 e. The van der Waals surface area contributed by atoms with E-state index in [1.54, 1.807) is 11.7 Å². The fourth-order valence-electron chi connectivity index (χ4n) is 5.88. The Balaban J connectivity index is 1.55. The van der Waals surface area contributed by atoms with Crippen molar-refractivity contribution in [2.45, 2.75) is 45.1 Å². The van der Waals surface area contributed by atoms with Gasteiger partial charge < -0.3 is 24.0 Å². The number of rotatable bonds is 4. The molecule has 9 nitrogen and oxygen atoms in total. The van der Waals surface area contributed by atoms with Crippen LogP contribution in [0.5, 0.6) is 5.75 Å². The second-order valence-electron chi connectivity index (χ2n) is 10.4. The first kappa shape index (κ1) is 24.1. The molecule has 37 heavy (non-hydrogen) atoms. The predicted molar refractivity (Wildman–Crippen MR) is 138 cm³/mol. The molecule has 0 bridgehead atoms. The molecule has 1 aromatic carbocycles. The summed E-state index contributed by atoms with van der Waals surface area (Å²) < 4.78 is 12.6. The fourth-order valence-corrected chi connectivity index (χ4v) is 5.88. The van der Waals surface area contributed by atoms with E-state index in [-0.39, 0.29) is 18.6 Å². The molecule has 3 aromatic rings. The van der Waals surface area contributed by atoms with Gasteiger partial charge in [-0.25, -0.2) is 4.98 Å². The summed E-state index contributed by atoms with van der Waals surface area (Å²) in [5.41, 5.74) is 3.58. The van der Waals surface area contributed by atoms with E-state index >= 15 is 0 Å². The monoisotopic (exact) mass is 504 g/mol. The van der Waals surface area contributed by atoms with E-state index < -0.39 is 11.6 Å². The van der Waals surface area contributed by atoms with Crippen LogP contribution in [0.3, 0.4) is 0 Å². The molecule has 1 fully saturated rings. The molecule has 1 unspecified atom stereocenters. The van der Waals surface area contributed by atoms with Gasteiger partial charge in [0.15, 0.2) is 0 Å².